The molecule has 0 heterocycles. The van der Waals surface area contributed by atoms with E-state index in [1.165, 1.54) is 0 Å². The molecule has 1 rings (SSSR count). The maximum Gasteiger partial charge on any atom is 0.321 e. The van der Waals surface area contributed by atoms with Gasteiger partial charge < -0.3 is 21.5 Å². The lowest BCUT2D eigenvalue weighted by molar-refractivity contribution is -0.141. The summed E-state index contributed by atoms with van der Waals surface area (Å²) < 4.78 is 0. The van der Waals surface area contributed by atoms with Gasteiger partial charge in [-0.25, -0.2) is 0 Å². The van der Waals surface area contributed by atoms with Crippen LogP contribution in [0.3, 0.4) is 0 Å². The maximum absolute atomic E-state index is 11.7. The van der Waals surface area contributed by atoms with Gasteiger partial charge in [-0.15, -0.1) is 0 Å². The average molecular weight is 286 g/mol. The molecule has 7 heteroatoms. The van der Waals surface area contributed by atoms with E-state index in [1.807, 2.05) is 0 Å². The first-order valence-electron chi connectivity index (χ1n) is 5.75. The van der Waals surface area contributed by atoms with Crippen LogP contribution in [0.15, 0.2) is 24.3 Å². The third kappa shape index (κ3) is 5.25. The predicted molar refractivity (Wildman–Crippen MR) is 73.2 cm³/mol. The van der Waals surface area contributed by atoms with Crippen LogP contribution in [0.5, 0.6) is 0 Å². The van der Waals surface area contributed by atoms with Gasteiger partial charge in [0.15, 0.2) is 0 Å². The summed E-state index contributed by atoms with van der Waals surface area (Å²) in [5, 5.41) is 14.6. The van der Waals surface area contributed by atoms with E-state index >= 15 is 0 Å². The Morgan fingerprint density at radius 3 is 2.63 bits per heavy atom. The van der Waals surface area contributed by atoms with E-state index in [4.69, 9.17) is 22.4 Å². The third-order valence-electron chi connectivity index (χ3n) is 2.37. The molecule has 104 valence electrons. The molecule has 0 saturated heterocycles. The van der Waals surface area contributed by atoms with Gasteiger partial charge in [0.25, 0.3) is 0 Å². The van der Waals surface area contributed by atoms with Crippen molar-refractivity contribution in [2.75, 3.05) is 18.4 Å². The van der Waals surface area contributed by atoms with Crippen molar-refractivity contribution in [3.05, 3.63) is 29.3 Å². The number of anilines is 1. The molecule has 6 nitrogen and oxygen atoms in total. The van der Waals surface area contributed by atoms with Gasteiger partial charge in [0, 0.05) is 13.1 Å². The molecule has 0 unspecified atom stereocenters. The number of nitrogens with two attached hydrogens (primary N) is 1. The smallest absolute Gasteiger partial charge is 0.321 e. The fourth-order valence-corrected chi connectivity index (χ4v) is 1.64. The summed E-state index contributed by atoms with van der Waals surface area (Å²) in [6.07, 6.45) is -0.194. The fraction of sp³-hybridized carbons (Fsp3) is 0.333. The minimum absolute atomic E-state index is 0.194. The van der Waals surface area contributed by atoms with Crippen molar-refractivity contribution in [1.29, 1.82) is 0 Å². The zero-order valence-corrected chi connectivity index (χ0v) is 11.0. The van der Waals surface area contributed by atoms with E-state index in [1.54, 1.807) is 24.3 Å². The Morgan fingerprint density at radius 2 is 2.05 bits per heavy atom. The van der Waals surface area contributed by atoms with E-state index < -0.39 is 17.9 Å². The normalized spacial score (nSPS) is 11.9. The lowest BCUT2D eigenvalue weighted by Crippen LogP contribution is -2.41. The number of halogens is 1. The first kappa shape index (κ1) is 15.4. The van der Waals surface area contributed by atoms with Crippen LogP contribution in [0.1, 0.15) is 6.42 Å². The van der Waals surface area contributed by atoms with Gasteiger partial charge in [-0.05, 0) is 12.1 Å². The van der Waals surface area contributed by atoms with Crippen LogP contribution in [0, 0.1) is 0 Å². The standard InChI is InChI=1S/C12H16ClN3O3/c13-8-3-1-2-4-9(8)16-11(17)7-10(12(18)19)15-6-5-14/h1-4,10,15H,5-7,14H2,(H,16,17)(H,18,19)/t10-/m1/s1. The first-order valence-corrected chi connectivity index (χ1v) is 6.13. The predicted octanol–water partition coefficient (Wildman–Crippen LogP) is 0.670. The summed E-state index contributed by atoms with van der Waals surface area (Å²) in [7, 11) is 0. The van der Waals surface area contributed by atoms with E-state index in [-0.39, 0.29) is 6.42 Å². The van der Waals surface area contributed by atoms with E-state index in [0.717, 1.165) is 0 Å². The number of rotatable bonds is 7. The molecule has 0 aromatic heterocycles. The Labute approximate surface area is 115 Å². The SMILES string of the molecule is NCCN[C@H](CC(=O)Nc1ccccc1Cl)C(=O)O. The van der Waals surface area contributed by atoms with Gasteiger partial charge in [0.05, 0.1) is 17.1 Å². The van der Waals surface area contributed by atoms with Crippen molar-refractivity contribution in [2.45, 2.75) is 12.5 Å². The van der Waals surface area contributed by atoms with Crippen molar-refractivity contribution in [1.82, 2.24) is 5.32 Å². The molecular weight excluding hydrogens is 270 g/mol. The van der Waals surface area contributed by atoms with Crippen LogP contribution < -0.4 is 16.4 Å². The van der Waals surface area contributed by atoms with Crippen LogP contribution in [-0.4, -0.2) is 36.1 Å². The summed E-state index contributed by atoms with van der Waals surface area (Å²) in [6.45, 7) is 0.631. The van der Waals surface area contributed by atoms with Gasteiger partial charge in [-0.3, -0.25) is 9.59 Å². The van der Waals surface area contributed by atoms with Crippen molar-refractivity contribution in [2.24, 2.45) is 5.73 Å². The topological polar surface area (TPSA) is 104 Å². The molecule has 1 amide bonds. The van der Waals surface area contributed by atoms with Crippen molar-refractivity contribution in [3.8, 4) is 0 Å². The zero-order chi connectivity index (χ0) is 14.3. The number of nitrogens with one attached hydrogen (secondary N) is 2. The number of carbonyl (C=O) groups excluding carboxylic acids is 1. The monoisotopic (exact) mass is 285 g/mol. The lowest BCUT2D eigenvalue weighted by atomic mass is 10.2. The quantitative estimate of drug-likeness (QED) is 0.589. The van der Waals surface area contributed by atoms with Crippen LogP contribution in [0.2, 0.25) is 5.02 Å². The summed E-state index contributed by atoms with van der Waals surface area (Å²) in [5.41, 5.74) is 5.73. The summed E-state index contributed by atoms with van der Waals surface area (Å²) in [5.74, 6) is -1.52. The Morgan fingerprint density at radius 1 is 1.37 bits per heavy atom. The number of amides is 1. The summed E-state index contributed by atoms with van der Waals surface area (Å²) in [4.78, 5) is 22.7. The minimum atomic E-state index is -1.09. The number of carboxylic acids is 1. The van der Waals surface area contributed by atoms with Crippen LogP contribution in [0.25, 0.3) is 0 Å². The number of benzene rings is 1. The largest absolute Gasteiger partial charge is 0.480 e. The van der Waals surface area contributed by atoms with Crippen LogP contribution >= 0.6 is 11.6 Å². The van der Waals surface area contributed by atoms with Gasteiger partial charge in [-0.1, -0.05) is 23.7 Å². The summed E-state index contributed by atoms with van der Waals surface area (Å²) >= 11 is 5.89. The second-order valence-corrected chi connectivity index (χ2v) is 4.27. The summed E-state index contributed by atoms with van der Waals surface area (Å²) in [6, 6.07) is 5.77. The van der Waals surface area contributed by atoms with Crippen LogP contribution in [-0.2, 0) is 9.59 Å². The number of carbonyl (C=O) groups is 2. The molecular formula is C12H16ClN3O3. The Bertz CT molecular complexity index is 454. The number of para-hydroxylation sites is 1. The second-order valence-electron chi connectivity index (χ2n) is 3.87. The highest BCUT2D eigenvalue weighted by Gasteiger charge is 2.20. The molecule has 0 saturated carbocycles. The zero-order valence-electron chi connectivity index (χ0n) is 10.2. The Hall–Kier alpha value is -1.63. The van der Waals surface area contributed by atoms with Crippen molar-refractivity contribution in [3.63, 3.8) is 0 Å². The second kappa shape index (κ2) is 7.73. The molecule has 0 bridgehead atoms. The highest BCUT2D eigenvalue weighted by Crippen LogP contribution is 2.20. The maximum atomic E-state index is 11.7. The molecule has 0 aliphatic heterocycles. The molecule has 0 spiro atoms. The molecule has 1 aromatic carbocycles. The highest BCUT2D eigenvalue weighted by atomic mass is 35.5. The van der Waals surface area contributed by atoms with Crippen LogP contribution in [0.4, 0.5) is 5.69 Å². The van der Waals surface area contributed by atoms with E-state index in [2.05, 4.69) is 10.6 Å². The molecule has 1 aromatic rings. The fourth-order valence-electron chi connectivity index (χ4n) is 1.45. The number of aliphatic carboxylic acids is 1. The van der Waals surface area contributed by atoms with Gasteiger partial charge in [-0.2, -0.15) is 0 Å². The lowest BCUT2D eigenvalue weighted by Gasteiger charge is -2.14. The van der Waals surface area contributed by atoms with Crippen molar-refractivity contribution < 1.29 is 14.7 Å². The molecule has 0 radical (unpaired) electrons. The van der Waals surface area contributed by atoms with E-state index in [0.29, 0.717) is 23.8 Å². The Kier molecular flexibility index (Phi) is 6.27. The van der Waals surface area contributed by atoms with Gasteiger partial charge in [0.2, 0.25) is 5.91 Å². The molecule has 1 atom stereocenters. The molecule has 5 N–H and O–H groups in total. The molecule has 0 aliphatic carbocycles. The average Bonchev–Trinajstić information content (AvgIpc) is 2.37. The molecule has 0 fully saturated rings. The number of hydrogen-bond acceptors (Lipinski definition) is 4. The van der Waals surface area contributed by atoms with Gasteiger partial charge in [0.1, 0.15) is 6.04 Å². The number of carboxylic acid groups (broad SMARTS) is 1. The number of hydrogen-bond donors (Lipinski definition) is 4. The molecule has 19 heavy (non-hydrogen) atoms. The first-order chi connectivity index (χ1) is 9.04. The minimum Gasteiger partial charge on any atom is -0.480 e. The third-order valence-corrected chi connectivity index (χ3v) is 2.70. The van der Waals surface area contributed by atoms with Gasteiger partial charge >= 0.3 is 5.97 Å². The van der Waals surface area contributed by atoms with E-state index in [9.17, 15) is 9.59 Å². The highest BCUT2D eigenvalue weighted by molar-refractivity contribution is 6.33. The molecule has 0 aliphatic rings. The van der Waals surface area contributed by atoms with Crippen molar-refractivity contribution >= 4 is 29.2 Å². The Balaban J connectivity index is 2.58.